The zero-order valence-corrected chi connectivity index (χ0v) is 25.2. The summed E-state index contributed by atoms with van der Waals surface area (Å²) in [4.78, 5) is 44.8. The molecule has 41 heavy (non-hydrogen) atoms. The van der Waals surface area contributed by atoms with Crippen LogP contribution >= 0.6 is 0 Å². The number of aromatic nitrogens is 1. The van der Waals surface area contributed by atoms with Crippen LogP contribution in [0.3, 0.4) is 0 Å². The lowest BCUT2D eigenvalue weighted by atomic mass is 9.87. The minimum absolute atomic E-state index is 0.0517. The van der Waals surface area contributed by atoms with Crippen LogP contribution in [-0.2, 0) is 12.8 Å². The van der Waals surface area contributed by atoms with Crippen molar-refractivity contribution in [2.45, 2.75) is 79.1 Å². The van der Waals surface area contributed by atoms with Gasteiger partial charge >= 0.3 is 11.9 Å². The third-order valence-electron chi connectivity index (χ3n) is 8.40. The van der Waals surface area contributed by atoms with Crippen LogP contribution in [0.2, 0.25) is 0 Å². The van der Waals surface area contributed by atoms with Gasteiger partial charge in [-0.3, -0.25) is 4.79 Å². The second-order valence-electron chi connectivity index (χ2n) is 10.8. The molecule has 0 aliphatic carbocycles. The van der Waals surface area contributed by atoms with E-state index in [4.69, 9.17) is 0 Å². The Hall–Kier alpha value is -3.23. The van der Waals surface area contributed by atoms with Gasteiger partial charge in [0.1, 0.15) is 0 Å². The van der Waals surface area contributed by atoms with Crippen molar-refractivity contribution >= 4 is 33.6 Å². The average Bonchev–Trinajstić information content (AvgIpc) is 2.96. The number of H-pyrrole nitrogens is 1. The quantitative estimate of drug-likeness (QED) is 0.125. The Labute approximate surface area is 243 Å². The standard InChI is InChI=1S/C33H47N3O5/c1-5-35(6-2)19-13-9-11-15-24-25(16-12-10-14-20-36(7-3)8-4)30-26-18-17-23(32(38)39)21-27(26)31(37)34-29(30)22-28(24)33(40)41/h17-18,21-22H,5-16,19-20H2,1-4H3,(H,34,37)(H,38,39)(H,40,41). The highest BCUT2D eigenvalue weighted by atomic mass is 16.4. The van der Waals surface area contributed by atoms with Crippen LogP contribution < -0.4 is 5.56 Å². The van der Waals surface area contributed by atoms with E-state index in [0.717, 1.165) is 94.3 Å². The maximum atomic E-state index is 13.0. The van der Waals surface area contributed by atoms with E-state index in [1.54, 1.807) is 12.1 Å². The van der Waals surface area contributed by atoms with Crippen LogP contribution in [0.4, 0.5) is 0 Å². The summed E-state index contributed by atoms with van der Waals surface area (Å²) < 4.78 is 0. The summed E-state index contributed by atoms with van der Waals surface area (Å²) in [6.07, 6.45) is 7.29. The van der Waals surface area contributed by atoms with Gasteiger partial charge in [-0.05, 0) is 113 Å². The second-order valence-corrected chi connectivity index (χ2v) is 10.8. The summed E-state index contributed by atoms with van der Waals surface area (Å²) in [6, 6.07) is 6.24. The van der Waals surface area contributed by atoms with E-state index in [0.29, 0.717) is 29.1 Å². The number of nitrogens with zero attached hydrogens (tertiary/aromatic N) is 2. The predicted molar refractivity (Wildman–Crippen MR) is 167 cm³/mol. The molecule has 8 nitrogen and oxygen atoms in total. The molecule has 8 heteroatoms. The minimum atomic E-state index is -1.09. The van der Waals surface area contributed by atoms with E-state index in [2.05, 4.69) is 42.5 Å². The maximum absolute atomic E-state index is 13.0. The van der Waals surface area contributed by atoms with Crippen molar-refractivity contribution < 1.29 is 19.8 Å². The predicted octanol–water partition coefficient (Wildman–Crippen LogP) is 6.19. The van der Waals surface area contributed by atoms with Crippen LogP contribution in [0.15, 0.2) is 29.1 Å². The highest BCUT2D eigenvalue weighted by Crippen LogP contribution is 2.33. The Morgan fingerprint density at radius 3 is 1.78 bits per heavy atom. The molecule has 0 saturated carbocycles. The zero-order chi connectivity index (χ0) is 29.9. The topological polar surface area (TPSA) is 114 Å². The van der Waals surface area contributed by atoms with E-state index in [9.17, 15) is 24.6 Å². The summed E-state index contributed by atoms with van der Waals surface area (Å²) in [5.74, 6) is -2.08. The summed E-state index contributed by atoms with van der Waals surface area (Å²) in [7, 11) is 0. The molecule has 0 aliphatic heterocycles. The number of carboxylic acids is 2. The zero-order valence-electron chi connectivity index (χ0n) is 25.2. The van der Waals surface area contributed by atoms with E-state index >= 15 is 0 Å². The number of aryl methyl sites for hydroxylation is 1. The molecule has 0 saturated heterocycles. The van der Waals surface area contributed by atoms with E-state index in [-0.39, 0.29) is 11.1 Å². The minimum Gasteiger partial charge on any atom is -0.478 e. The fourth-order valence-electron chi connectivity index (χ4n) is 5.92. The number of pyridine rings is 1. The molecule has 1 aromatic heterocycles. The average molecular weight is 566 g/mol. The van der Waals surface area contributed by atoms with Crippen molar-refractivity contribution in [1.82, 2.24) is 14.8 Å². The number of carboxylic acid groups (broad SMARTS) is 2. The van der Waals surface area contributed by atoms with Gasteiger partial charge in [-0.15, -0.1) is 0 Å². The van der Waals surface area contributed by atoms with E-state index in [1.165, 1.54) is 12.1 Å². The third-order valence-corrected chi connectivity index (χ3v) is 8.40. The molecule has 0 atom stereocenters. The van der Waals surface area contributed by atoms with Gasteiger partial charge in [0.2, 0.25) is 0 Å². The first-order valence-electron chi connectivity index (χ1n) is 15.3. The molecule has 3 rings (SSSR count). The van der Waals surface area contributed by atoms with Gasteiger partial charge in [0.05, 0.1) is 16.6 Å². The lowest BCUT2D eigenvalue weighted by Crippen LogP contribution is -2.23. The molecule has 1 heterocycles. The highest BCUT2D eigenvalue weighted by molar-refractivity contribution is 6.11. The molecule has 0 fully saturated rings. The summed E-state index contributed by atoms with van der Waals surface area (Å²) >= 11 is 0. The van der Waals surface area contributed by atoms with Crippen molar-refractivity contribution in [2.24, 2.45) is 0 Å². The van der Waals surface area contributed by atoms with E-state index < -0.39 is 17.5 Å². The summed E-state index contributed by atoms with van der Waals surface area (Å²) in [5, 5.41) is 21.6. The van der Waals surface area contributed by atoms with Crippen molar-refractivity contribution in [3.63, 3.8) is 0 Å². The molecule has 0 amide bonds. The number of aromatic carboxylic acids is 2. The second kappa shape index (κ2) is 15.7. The first kappa shape index (κ1) is 32.3. The monoisotopic (exact) mass is 565 g/mol. The Kier molecular flexibility index (Phi) is 12.4. The molecular formula is C33H47N3O5. The molecule has 0 radical (unpaired) electrons. The fraction of sp³-hybridized carbons (Fsp3) is 0.545. The van der Waals surface area contributed by atoms with Crippen molar-refractivity contribution in [3.05, 3.63) is 56.9 Å². The van der Waals surface area contributed by atoms with Gasteiger partial charge in [0.25, 0.3) is 5.56 Å². The number of unbranched alkanes of at least 4 members (excludes halogenated alkanes) is 4. The van der Waals surface area contributed by atoms with Crippen molar-refractivity contribution in [2.75, 3.05) is 39.3 Å². The summed E-state index contributed by atoms with van der Waals surface area (Å²) in [5.41, 5.74) is 2.18. The Morgan fingerprint density at radius 2 is 1.27 bits per heavy atom. The Morgan fingerprint density at radius 1 is 0.707 bits per heavy atom. The van der Waals surface area contributed by atoms with Crippen LogP contribution in [0.1, 0.15) is 98.1 Å². The molecule has 3 aromatic rings. The largest absolute Gasteiger partial charge is 0.478 e. The molecule has 0 spiro atoms. The number of hydrogen-bond donors (Lipinski definition) is 3. The highest BCUT2D eigenvalue weighted by Gasteiger charge is 2.21. The molecule has 0 unspecified atom stereocenters. The number of rotatable bonds is 18. The van der Waals surface area contributed by atoms with Gasteiger partial charge in [-0.25, -0.2) is 9.59 Å². The molecule has 224 valence electrons. The number of fused-ring (bicyclic) bond motifs is 3. The van der Waals surface area contributed by atoms with Crippen LogP contribution in [0, 0.1) is 0 Å². The van der Waals surface area contributed by atoms with Gasteiger partial charge in [-0.2, -0.15) is 0 Å². The number of nitrogens with one attached hydrogen (secondary N) is 1. The van der Waals surface area contributed by atoms with Crippen LogP contribution in [-0.4, -0.2) is 76.2 Å². The maximum Gasteiger partial charge on any atom is 0.336 e. The normalized spacial score (nSPS) is 11.8. The smallest absolute Gasteiger partial charge is 0.336 e. The molecule has 0 aliphatic rings. The lowest BCUT2D eigenvalue weighted by Gasteiger charge is -2.20. The molecule has 3 N–H and O–H groups in total. The number of benzene rings is 2. The van der Waals surface area contributed by atoms with Crippen molar-refractivity contribution in [1.29, 1.82) is 0 Å². The fourth-order valence-corrected chi connectivity index (χ4v) is 5.92. The Bertz CT molecular complexity index is 1390. The van der Waals surface area contributed by atoms with E-state index in [1.807, 2.05) is 0 Å². The first-order valence-corrected chi connectivity index (χ1v) is 15.3. The molecular weight excluding hydrogens is 518 g/mol. The van der Waals surface area contributed by atoms with Gasteiger partial charge < -0.3 is 25.0 Å². The van der Waals surface area contributed by atoms with Crippen molar-refractivity contribution in [3.8, 4) is 0 Å². The number of carbonyl (C=O) groups is 2. The number of hydrogen-bond acceptors (Lipinski definition) is 5. The summed E-state index contributed by atoms with van der Waals surface area (Å²) in [6.45, 7) is 14.8. The third kappa shape index (κ3) is 8.17. The molecule has 2 aromatic carbocycles. The first-order chi connectivity index (χ1) is 19.7. The van der Waals surface area contributed by atoms with Gasteiger partial charge in [-0.1, -0.05) is 46.6 Å². The number of aromatic amines is 1. The van der Waals surface area contributed by atoms with Crippen LogP contribution in [0.5, 0.6) is 0 Å². The Balaban J connectivity index is 2.04. The van der Waals surface area contributed by atoms with Gasteiger partial charge in [0, 0.05) is 10.8 Å². The lowest BCUT2D eigenvalue weighted by molar-refractivity contribution is 0.0685. The molecule has 0 bridgehead atoms. The SMILES string of the molecule is CCN(CC)CCCCCc1c(C(=O)O)cc2[nH]c(=O)c3cc(C(=O)O)ccc3c2c1CCCCCN(CC)CC. The van der Waals surface area contributed by atoms with Crippen LogP contribution in [0.25, 0.3) is 21.7 Å². The van der Waals surface area contributed by atoms with Gasteiger partial charge in [0.15, 0.2) is 0 Å².